The largest absolute Gasteiger partial charge is 0.369 e. The number of rotatable bonds is 10. The van der Waals surface area contributed by atoms with Crippen LogP contribution in [0.4, 0.5) is 11.6 Å². The number of hydrogen-bond acceptors (Lipinski definition) is 8. The number of fused-ring (bicyclic) bond motifs is 1. The molecule has 3 heterocycles. The first kappa shape index (κ1) is 27.7. The Labute approximate surface area is 246 Å². The van der Waals surface area contributed by atoms with E-state index in [1.807, 2.05) is 7.05 Å². The van der Waals surface area contributed by atoms with Gasteiger partial charge in [-0.3, -0.25) is 14.4 Å². The molecule has 214 valence electrons. The van der Waals surface area contributed by atoms with E-state index in [0.29, 0.717) is 37.1 Å². The van der Waals surface area contributed by atoms with E-state index in [9.17, 15) is 4.79 Å². The number of benzene rings is 1. The number of nitrogens with one attached hydrogen (secondary N) is 2. The van der Waals surface area contributed by atoms with E-state index in [4.69, 9.17) is 15.3 Å². The first-order valence-corrected chi connectivity index (χ1v) is 15.7. The van der Waals surface area contributed by atoms with Crippen LogP contribution in [0.25, 0.3) is 0 Å². The average molecular weight is 571 g/mol. The first-order chi connectivity index (χ1) is 19.7. The number of nitriles is 1. The molecule has 41 heavy (non-hydrogen) atoms. The minimum absolute atomic E-state index is 0.0216. The lowest BCUT2D eigenvalue weighted by Gasteiger charge is -2.45. The molecule has 2 N–H and O–H groups in total. The number of thioether (sulfide) groups is 1. The van der Waals surface area contributed by atoms with Gasteiger partial charge in [-0.15, -0.1) is 11.8 Å². The highest BCUT2D eigenvalue weighted by Crippen LogP contribution is 2.52. The molecule has 3 aliphatic rings. The van der Waals surface area contributed by atoms with Crippen LogP contribution in [-0.4, -0.2) is 44.0 Å². The molecule has 1 aliphatic heterocycles. The second-order valence-corrected chi connectivity index (χ2v) is 13.1. The van der Waals surface area contributed by atoms with Crippen molar-refractivity contribution >= 4 is 29.3 Å². The quantitative estimate of drug-likeness (QED) is 0.254. The van der Waals surface area contributed by atoms with Crippen LogP contribution in [0.2, 0.25) is 0 Å². The van der Waals surface area contributed by atoms with Gasteiger partial charge in [-0.2, -0.15) is 10.4 Å². The zero-order valence-corrected chi connectivity index (χ0v) is 25.1. The molecular weight excluding hydrogens is 532 g/mol. The van der Waals surface area contributed by atoms with Crippen LogP contribution < -0.4 is 15.5 Å². The number of amides is 1. The Morgan fingerprint density at radius 2 is 2.02 bits per heavy atom. The molecule has 0 radical (unpaired) electrons. The highest BCUT2D eigenvalue weighted by Gasteiger charge is 2.48. The molecule has 0 spiro atoms. The molecule has 2 saturated carbocycles. The Kier molecular flexibility index (Phi) is 7.28. The number of hydrogen-bond donors (Lipinski definition) is 2. The van der Waals surface area contributed by atoms with Gasteiger partial charge in [0.05, 0.1) is 24.4 Å². The average Bonchev–Trinajstić information content (AvgIpc) is 3.51. The Bertz CT molecular complexity index is 1510. The van der Waals surface area contributed by atoms with Gasteiger partial charge in [0, 0.05) is 36.1 Å². The molecule has 2 fully saturated rings. The Morgan fingerprint density at radius 3 is 2.66 bits per heavy atom. The monoisotopic (exact) mass is 570 g/mol. The predicted octanol–water partition coefficient (Wildman–Crippen LogP) is 5.17. The molecule has 0 saturated heterocycles. The molecule has 6 rings (SSSR count). The summed E-state index contributed by atoms with van der Waals surface area (Å²) in [5, 5.41) is 20.8. The minimum Gasteiger partial charge on any atom is -0.369 e. The summed E-state index contributed by atoms with van der Waals surface area (Å²) < 4.78 is 1.75. The standard InChI is InChI=1S/C31H38N8OS/c1-20-15-31(16-20,29-34-19-38(3)37-29)22-13-26(33-10-6-9-32)36-27(14-22)39-18-24-23(28(39)40)11-21(12-25(24)41-4)17-35-30(2)7-5-8-30/h11-14,19-20,35H,5-8,10,15-18H2,1-4H3,(H,33,36). The summed E-state index contributed by atoms with van der Waals surface area (Å²) in [6, 6.07) is 10.6. The Hall–Kier alpha value is -3.42. The van der Waals surface area contributed by atoms with Crippen molar-refractivity contribution in [2.45, 2.75) is 81.3 Å². The second-order valence-electron chi connectivity index (χ2n) is 12.3. The van der Waals surface area contributed by atoms with Crippen LogP contribution in [0.3, 0.4) is 0 Å². The van der Waals surface area contributed by atoms with E-state index in [0.717, 1.165) is 52.4 Å². The number of aromatic nitrogens is 4. The van der Waals surface area contributed by atoms with E-state index in [1.165, 1.54) is 19.3 Å². The summed E-state index contributed by atoms with van der Waals surface area (Å²) >= 11 is 1.69. The number of carbonyl (C=O) groups excluding carboxylic acids is 1. The van der Waals surface area contributed by atoms with Crippen molar-refractivity contribution in [1.82, 2.24) is 25.1 Å². The Balaban J connectivity index is 1.36. The third-order valence-electron chi connectivity index (χ3n) is 9.06. The van der Waals surface area contributed by atoms with Crippen molar-refractivity contribution in [2.75, 3.05) is 23.0 Å². The Morgan fingerprint density at radius 1 is 1.22 bits per heavy atom. The second kappa shape index (κ2) is 10.8. The van der Waals surface area contributed by atoms with Crippen LogP contribution in [0.15, 0.2) is 35.5 Å². The maximum atomic E-state index is 14.0. The van der Waals surface area contributed by atoms with Gasteiger partial charge in [0.15, 0.2) is 5.82 Å². The lowest BCUT2D eigenvalue weighted by Crippen LogP contribution is -2.47. The van der Waals surface area contributed by atoms with Gasteiger partial charge in [0.1, 0.15) is 18.0 Å². The maximum absolute atomic E-state index is 14.0. The molecule has 10 heteroatoms. The predicted molar refractivity (Wildman–Crippen MR) is 161 cm³/mol. The van der Waals surface area contributed by atoms with Gasteiger partial charge >= 0.3 is 0 Å². The summed E-state index contributed by atoms with van der Waals surface area (Å²) in [6.45, 7) is 6.25. The van der Waals surface area contributed by atoms with Crippen molar-refractivity contribution in [3.8, 4) is 6.07 Å². The lowest BCUT2D eigenvalue weighted by atomic mass is 9.59. The van der Waals surface area contributed by atoms with Crippen molar-refractivity contribution in [3.05, 3.63) is 58.7 Å². The summed E-state index contributed by atoms with van der Waals surface area (Å²) in [5.41, 5.74) is 3.88. The van der Waals surface area contributed by atoms with Crippen LogP contribution in [0.5, 0.6) is 0 Å². The smallest absolute Gasteiger partial charge is 0.260 e. The number of anilines is 2. The normalized spacial score (nSPS) is 22.6. The van der Waals surface area contributed by atoms with E-state index in [2.05, 4.69) is 66.1 Å². The maximum Gasteiger partial charge on any atom is 0.260 e. The van der Waals surface area contributed by atoms with Crippen molar-refractivity contribution in [2.24, 2.45) is 13.0 Å². The number of carbonyl (C=O) groups is 1. The van der Waals surface area contributed by atoms with Crippen molar-refractivity contribution in [3.63, 3.8) is 0 Å². The third kappa shape index (κ3) is 5.10. The molecule has 2 aromatic heterocycles. The van der Waals surface area contributed by atoms with Crippen molar-refractivity contribution in [1.29, 1.82) is 5.26 Å². The van der Waals surface area contributed by atoms with Crippen LogP contribution in [0.1, 0.15) is 85.2 Å². The van der Waals surface area contributed by atoms with E-state index in [1.54, 1.807) is 27.7 Å². The van der Waals surface area contributed by atoms with Gasteiger partial charge in [-0.05, 0) is 92.2 Å². The first-order valence-electron chi connectivity index (χ1n) is 14.5. The fourth-order valence-corrected chi connectivity index (χ4v) is 7.29. The summed E-state index contributed by atoms with van der Waals surface area (Å²) in [7, 11) is 1.89. The fraction of sp³-hybridized carbons (Fsp3) is 0.516. The highest BCUT2D eigenvalue weighted by molar-refractivity contribution is 7.98. The molecule has 9 nitrogen and oxygen atoms in total. The van der Waals surface area contributed by atoms with E-state index in [-0.39, 0.29) is 16.9 Å². The molecule has 0 unspecified atom stereocenters. The zero-order chi connectivity index (χ0) is 28.8. The van der Waals surface area contributed by atoms with E-state index >= 15 is 0 Å². The van der Waals surface area contributed by atoms with Gasteiger partial charge in [0.2, 0.25) is 0 Å². The van der Waals surface area contributed by atoms with Crippen molar-refractivity contribution < 1.29 is 4.79 Å². The van der Waals surface area contributed by atoms with Gasteiger partial charge in [0.25, 0.3) is 5.91 Å². The van der Waals surface area contributed by atoms with Crippen LogP contribution in [0, 0.1) is 17.2 Å². The SMILES string of the molecule is CSc1cc(CNC2(C)CCC2)cc2c1CN(c1cc(C3(c4ncn(C)n4)CC(C)C3)cc(NCCC#N)n1)C2=O. The number of nitrogens with zero attached hydrogens (tertiary/aromatic N) is 6. The van der Waals surface area contributed by atoms with Gasteiger partial charge < -0.3 is 10.6 Å². The lowest BCUT2D eigenvalue weighted by molar-refractivity contribution is 0.0995. The summed E-state index contributed by atoms with van der Waals surface area (Å²) in [6.07, 6.45) is 9.71. The molecule has 0 atom stereocenters. The molecule has 1 amide bonds. The minimum atomic E-state index is -0.333. The summed E-state index contributed by atoms with van der Waals surface area (Å²) in [4.78, 5) is 26.5. The molecule has 1 aromatic carbocycles. The number of pyridine rings is 1. The molecule has 3 aromatic rings. The number of aryl methyl sites for hydroxylation is 1. The third-order valence-corrected chi connectivity index (χ3v) is 9.87. The molecular formula is C31H38N8OS. The molecule has 0 bridgehead atoms. The van der Waals surface area contributed by atoms with Gasteiger partial charge in [-0.1, -0.05) is 6.92 Å². The van der Waals surface area contributed by atoms with Crippen LogP contribution in [-0.2, 0) is 25.6 Å². The summed E-state index contributed by atoms with van der Waals surface area (Å²) in [5.74, 6) is 2.60. The van der Waals surface area contributed by atoms with E-state index < -0.39 is 0 Å². The fourth-order valence-electron chi connectivity index (χ4n) is 6.60. The van der Waals surface area contributed by atoms with Crippen LogP contribution >= 0.6 is 11.8 Å². The molecule has 2 aliphatic carbocycles. The zero-order valence-electron chi connectivity index (χ0n) is 24.3. The topological polar surface area (TPSA) is 112 Å². The highest BCUT2D eigenvalue weighted by atomic mass is 32.2. The van der Waals surface area contributed by atoms with Gasteiger partial charge in [-0.25, -0.2) is 9.97 Å².